The number of hydrogen-bond acceptors (Lipinski definition) is 4. The Labute approximate surface area is 133 Å². The van der Waals surface area contributed by atoms with Crippen LogP contribution < -0.4 is 10.6 Å². The molecule has 0 bridgehead atoms. The first-order valence-electron chi connectivity index (χ1n) is 7.22. The molecule has 2 rings (SSSR count). The molecule has 5 nitrogen and oxygen atoms in total. The molecule has 1 heterocycles. The zero-order valence-corrected chi connectivity index (χ0v) is 13.3. The van der Waals surface area contributed by atoms with Crippen molar-refractivity contribution in [3.63, 3.8) is 0 Å². The van der Waals surface area contributed by atoms with E-state index in [4.69, 9.17) is 0 Å². The van der Waals surface area contributed by atoms with E-state index in [1.807, 2.05) is 37.3 Å². The molecule has 2 N–H and O–H groups in total. The van der Waals surface area contributed by atoms with Crippen molar-refractivity contribution < 1.29 is 9.59 Å². The van der Waals surface area contributed by atoms with Crippen LogP contribution in [-0.4, -0.2) is 23.3 Å². The van der Waals surface area contributed by atoms with Gasteiger partial charge in [0, 0.05) is 11.9 Å². The monoisotopic (exact) mass is 317 g/mol. The van der Waals surface area contributed by atoms with Crippen LogP contribution in [0, 0.1) is 0 Å². The summed E-state index contributed by atoms with van der Waals surface area (Å²) < 4.78 is 0. The number of benzene rings is 1. The number of carbonyl (C=O) groups excluding carboxylic acids is 2. The van der Waals surface area contributed by atoms with Crippen LogP contribution in [0.15, 0.2) is 35.7 Å². The van der Waals surface area contributed by atoms with Crippen molar-refractivity contribution in [1.82, 2.24) is 10.3 Å². The SMILES string of the molecule is CCCNC(=O)Cc1csc(NC(=O)Cc2ccccc2)n1. The van der Waals surface area contributed by atoms with E-state index >= 15 is 0 Å². The summed E-state index contributed by atoms with van der Waals surface area (Å²) in [6, 6.07) is 9.53. The maximum atomic E-state index is 11.9. The standard InChI is InChI=1S/C16H19N3O2S/c1-2-8-17-14(20)10-13-11-22-16(18-13)19-15(21)9-12-6-4-3-5-7-12/h3-7,11H,2,8-10H2,1H3,(H,17,20)(H,18,19,21). The lowest BCUT2D eigenvalue weighted by atomic mass is 10.1. The second-order valence-electron chi connectivity index (χ2n) is 4.88. The van der Waals surface area contributed by atoms with Crippen molar-refractivity contribution in [3.05, 3.63) is 47.0 Å². The summed E-state index contributed by atoms with van der Waals surface area (Å²) in [6.45, 7) is 2.67. The summed E-state index contributed by atoms with van der Waals surface area (Å²) in [5.41, 5.74) is 1.63. The Kier molecular flexibility index (Phi) is 6.09. The molecule has 1 aromatic carbocycles. The minimum absolute atomic E-state index is 0.0469. The topological polar surface area (TPSA) is 71.1 Å². The highest BCUT2D eigenvalue weighted by molar-refractivity contribution is 7.13. The van der Waals surface area contributed by atoms with Crippen molar-refractivity contribution in [3.8, 4) is 0 Å². The Morgan fingerprint density at radius 1 is 1.14 bits per heavy atom. The normalized spacial score (nSPS) is 10.2. The second-order valence-corrected chi connectivity index (χ2v) is 5.74. The number of anilines is 1. The summed E-state index contributed by atoms with van der Waals surface area (Å²) in [5.74, 6) is -0.156. The smallest absolute Gasteiger partial charge is 0.230 e. The van der Waals surface area contributed by atoms with Gasteiger partial charge in [-0.3, -0.25) is 9.59 Å². The van der Waals surface area contributed by atoms with Gasteiger partial charge >= 0.3 is 0 Å². The number of hydrogen-bond donors (Lipinski definition) is 2. The lowest BCUT2D eigenvalue weighted by molar-refractivity contribution is -0.120. The van der Waals surface area contributed by atoms with E-state index in [0.717, 1.165) is 12.0 Å². The lowest BCUT2D eigenvalue weighted by Crippen LogP contribution is -2.25. The van der Waals surface area contributed by atoms with Gasteiger partial charge in [-0.05, 0) is 12.0 Å². The van der Waals surface area contributed by atoms with Crippen LogP contribution in [0.3, 0.4) is 0 Å². The Hall–Kier alpha value is -2.21. The molecule has 0 aliphatic carbocycles. The van der Waals surface area contributed by atoms with E-state index in [2.05, 4.69) is 15.6 Å². The van der Waals surface area contributed by atoms with Crippen LogP contribution in [-0.2, 0) is 22.4 Å². The molecule has 0 aliphatic rings. The van der Waals surface area contributed by atoms with Crippen LogP contribution >= 0.6 is 11.3 Å². The van der Waals surface area contributed by atoms with Crippen LogP contribution in [0.5, 0.6) is 0 Å². The molecular formula is C16H19N3O2S. The fraction of sp³-hybridized carbons (Fsp3) is 0.312. The van der Waals surface area contributed by atoms with Gasteiger partial charge < -0.3 is 10.6 Å². The lowest BCUT2D eigenvalue weighted by Gasteiger charge is -2.02. The minimum Gasteiger partial charge on any atom is -0.356 e. The number of rotatable bonds is 7. The van der Waals surface area contributed by atoms with Crippen molar-refractivity contribution in [2.45, 2.75) is 26.2 Å². The number of carbonyl (C=O) groups is 2. The van der Waals surface area contributed by atoms with Gasteiger partial charge in [-0.2, -0.15) is 0 Å². The first kappa shape index (κ1) is 16.2. The van der Waals surface area contributed by atoms with Gasteiger partial charge in [0.15, 0.2) is 5.13 Å². The third-order valence-electron chi connectivity index (χ3n) is 2.92. The average molecular weight is 317 g/mol. The molecule has 1 aromatic heterocycles. The summed E-state index contributed by atoms with van der Waals surface area (Å²) in [5, 5.41) is 7.89. The molecular weight excluding hydrogens is 298 g/mol. The van der Waals surface area contributed by atoms with Gasteiger partial charge in [-0.15, -0.1) is 11.3 Å². The Morgan fingerprint density at radius 3 is 2.64 bits per heavy atom. The van der Waals surface area contributed by atoms with Crippen LogP contribution in [0.1, 0.15) is 24.6 Å². The van der Waals surface area contributed by atoms with E-state index in [-0.39, 0.29) is 18.2 Å². The number of nitrogens with zero attached hydrogens (tertiary/aromatic N) is 1. The zero-order chi connectivity index (χ0) is 15.8. The highest BCUT2D eigenvalue weighted by Gasteiger charge is 2.10. The quantitative estimate of drug-likeness (QED) is 0.823. The van der Waals surface area contributed by atoms with E-state index in [1.165, 1.54) is 11.3 Å². The first-order chi connectivity index (χ1) is 10.7. The van der Waals surface area contributed by atoms with Crippen molar-refractivity contribution in [2.75, 3.05) is 11.9 Å². The highest BCUT2D eigenvalue weighted by Crippen LogP contribution is 2.16. The van der Waals surface area contributed by atoms with Crippen molar-refractivity contribution in [1.29, 1.82) is 0 Å². The molecule has 6 heteroatoms. The van der Waals surface area contributed by atoms with Gasteiger partial charge in [0.1, 0.15) is 0 Å². The molecule has 0 saturated heterocycles. The Balaban J connectivity index is 1.84. The molecule has 0 aliphatic heterocycles. The Bertz CT molecular complexity index is 625. The fourth-order valence-electron chi connectivity index (χ4n) is 1.88. The van der Waals surface area contributed by atoms with E-state index in [1.54, 1.807) is 5.38 Å². The highest BCUT2D eigenvalue weighted by atomic mass is 32.1. The molecule has 2 amide bonds. The third kappa shape index (κ3) is 5.29. The molecule has 0 saturated carbocycles. The summed E-state index contributed by atoms with van der Waals surface area (Å²) in [6.07, 6.45) is 1.46. The van der Waals surface area contributed by atoms with E-state index < -0.39 is 0 Å². The summed E-state index contributed by atoms with van der Waals surface area (Å²) in [7, 11) is 0. The number of thiazole rings is 1. The number of aromatic nitrogens is 1. The van der Waals surface area contributed by atoms with Gasteiger partial charge in [-0.1, -0.05) is 37.3 Å². The van der Waals surface area contributed by atoms with E-state index in [9.17, 15) is 9.59 Å². The molecule has 0 fully saturated rings. The summed E-state index contributed by atoms with van der Waals surface area (Å²) >= 11 is 1.33. The van der Waals surface area contributed by atoms with Crippen molar-refractivity contribution >= 4 is 28.3 Å². The predicted molar refractivity (Wildman–Crippen MR) is 87.9 cm³/mol. The number of nitrogens with one attached hydrogen (secondary N) is 2. The van der Waals surface area contributed by atoms with Gasteiger partial charge in [0.05, 0.1) is 18.5 Å². The van der Waals surface area contributed by atoms with Crippen LogP contribution in [0.2, 0.25) is 0 Å². The zero-order valence-electron chi connectivity index (χ0n) is 12.5. The fourth-order valence-corrected chi connectivity index (χ4v) is 2.61. The maximum absolute atomic E-state index is 11.9. The maximum Gasteiger partial charge on any atom is 0.230 e. The predicted octanol–water partition coefficient (Wildman–Crippen LogP) is 2.39. The molecule has 0 radical (unpaired) electrons. The third-order valence-corrected chi connectivity index (χ3v) is 3.73. The molecule has 0 spiro atoms. The summed E-state index contributed by atoms with van der Waals surface area (Å²) in [4.78, 5) is 27.8. The molecule has 0 atom stereocenters. The van der Waals surface area contributed by atoms with Gasteiger partial charge in [0.2, 0.25) is 11.8 Å². The van der Waals surface area contributed by atoms with Crippen molar-refractivity contribution in [2.24, 2.45) is 0 Å². The Morgan fingerprint density at radius 2 is 1.91 bits per heavy atom. The molecule has 0 unspecified atom stereocenters. The average Bonchev–Trinajstić information content (AvgIpc) is 2.93. The largest absolute Gasteiger partial charge is 0.356 e. The van der Waals surface area contributed by atoms with Crippen LogP contribution in [0.4, 0.5) is 5.13 Å². The minimum atomic E-state index is -0.109. The van der Waals surface area contributed by atoms with Crippen LogP contribution in [0.25, 0.3) is 0 Å². The number of amides is 2. The molecule has 22 heavy (non-hydrogen) atoms. The second kappa shape index (κ2) is 8.29. The first-order valence-corrected chi connectivity index (χ1v) is 8.10. The van der Waals surface area contributed by atoms with Gasteiger partial charge in [-0.25, -0.2) is 4.98 Å². The van der Waals surface area contributed by atoms with E-state index in [0.29, 0.717) is 23.8 Å². The molecule has 2 aromatic rings. The molecule has 116 valence electrons. The van der Waals surface area contributed by atoms with Gasteiger partial charge in [0.25, 0.3) is 0 Å².